The van der Waals surface area contributed by atoms with Gasteiger partial charge in [-0.2, -0.15) is 4.89 Å². The monoisotopic (exact) mass is 247 g/mol. The smallest absolute Gasteiger partial charge is 0.160 e. The summed E-state index contributed by atoms with van der Waals surface area (Å²) < 4.78 is 12.1. The Morgan fingerprint density at radius 3 is 0.875 bits per heavy atom. The lowest BCUT2D eigenvalue weighted by atomic mass is 9.55. The van der Waals surface area contributed by atoms with E-state index < -0.39 is 13.2 Å². The molecule has 1 N–H and O–H groups in total. The van der Waals surface area contributed by atoms with Gasteiger partial charge in [-0.05, 0) is 4.57 Å². The summed E-state index contributed by atoms with van der Waals surface area (Å²) in [6.45, 7) is 18.6. The van der Waals surface area contributed by atoms with Gasteiger partial charge in [0, 0.05) is 16.2 Å². The normalized spacial score (nSPS) is 16.2. The SMILES string of the molecule is CC(C)(C)C([P+](=O)O)(C(C)(C)C)C(C)(C)C. The van der Waals surface area contributed by atoms with E-state index in [4.69, 9.17) is 0 Å². The summed E-state index contributed by atoms with van der Waals surface area (Å²) in [5.74, 6) is 0. The predicted molar refractivity (Wildman–Crippen MR) is 70.9 cm³/mol. The van der Waals surface area contributed by atoms with Crippen LogP contribution in [0.25, 0.3) is 0 Å². The molecule has 0 saturated heterocycles. The molecule has 1 unspecified atom stereocenters. The van der Waals surface area contributed by atoms with Crippen molar-refractivity contribution in [1.82, 2.24) is 0 Å². The van der Waals surface area contributed by atoms with Gasteiger partial charge in [-0.25, -0.2) is 0 Å². The van der Waals surface area contributed by atoms with Crippen LogP contribution < -0.4 is 0 Å². The maximum absolute atomic E-state index is 12.1. The summed E-state index contributed by atoms with van der Waals surface area (Å²) in [6, 6.07) is 0. The third-order valence-electron chi connectivity index (χ3n) is 3.54. The van der Waals surface area contributed by atoms with Crippen molar-refractivity contribution in [1.29, 1.82) is 0 Å². The lowest BCUT2D eigenvalue weighted by Crippen LogP contribution is -2.58. The first-order valence-electron chi connectivity index (χ1n) is 5.86. The standard InChI is InChI=1S/C13H27O2P/c1-10(2,3)13(16(14)15,11(4,5)6)12(7,8)9/h1-9H3/p+1. The molecule has 0 aromatic carbocycles. The molecule has 0 aliphatic carbocycles. The molecule has 0 bridgehead atoms. The molecule has 0 fully saturated rings. The van der Waals surface area contributed by atoms with Crippen molar-refractivity contribution in [3.8, 4) is 0 Å². The van der Waals surface area contributed by atoms with Gasteiger partial charge in [0.25, 0.3) is 0 Å². The molecule has 3 heteroatoms. The van der Waals surface area contributed by atoms with Gasteiger partial charge in [-0.3, -0.25) is 0 Å². The zero-order chi connectivity index (χ0) is 13.6. The highest BCUT2D eigenvalue weighted by atomic mass is 31.1. The van der Waals surface area contributed by atoms with Crippen LogP contribution in [0.4, 0.5) is 0 Å². The molecule has 0 aromatic heterocycles. The van der Waals surface area contributed by atoms with E-state index in [9.17, 15) is 9.46 Å². The Bertz CT molecular complexity index is 238. The fraction of sp³-hybridized carbons (Fsp3) is 1.00. The summed E-state index contributed by atoms with van der Waals surface area (Å²) in [7, 11) is -2.26. The molecule has 0 rings (SSSR count). The van der Waals surface area contributed by atoms with Gasteiger partial charge in [-0.15, -0.1) is 0 Å². The molecule has 0 aliphatic rings. The Morgan fingerprint density at radius 1 is 0.688 bits per heavy atom. The van der Waals surface area contributed by atoms with Crippen molar-refractivity contribution in [3.63, 3.8) is 0 Å². The van der Waals surface area contributed by atoms with Crippen molar-refractivity contribution >= 4 is 8.03 Å². The third-order valence-corrected chi connectivity index (χ3v) is 6.13. The Balaban J connectivity index is 6.17. The topological polar surface area (TPSA) is 37.3 Å². The predicted octanol–water partition coefficient (Wildman–Crippen LogP) is 4.60. The van der Waals surface area contributed by atoms with E-state index in [0.29, 0.717) is 0 Å². The van der Waals surface area contributed by atoms with Crippen molar-refractivity contribution in [3.05, 3.63) is 0 Å². The average molecular weight is 247 g/mol. The molecule has 16 heavy (non-hydrogen) atoms. The first-order chi connectivity index (χ1) is 6.69. The highest BCUT2D eigenvalue weighted by molar-refractivity contribution is 7.40. The molecule has 2 nitrogen and oxygen atoms in total. The summed E-state index contributed by atoms with van der Waals surface area (Å²) >= 11 is 0. The maximum Gasteiger partial charge on any atom is 0.513 e. The van der Waals surface area contributed by atoms with E-state index in [1.165, 1.54) is 0 Å². The molecule has 0 amide bonds. The fourth-order valence-corrected chi connectivity index (χ4v) is 5.96. The molecular formula is C13H28O2P+. The molecule has 1 atom stereocenters. The van der Waals surface area contributed by atoms with Gasteiger partial charge in [0.05, 0.1) is 0 Å². The first-order valence-corrected chi connectivity index (χ1v) is 7.07. The molecular weight excluding hydrogens is 219 g/mol. The molecule has 0 heterocycles. The van der Waals surface area contributed by atoms with Crippen LogP contribution in [0, 0.1) is 16.2 Å². The summed E-state index contributed by atoms with van der Waals surface area (Å²) in [5.41, 5.74) is -0.691. The van der Waals surface area contributed by atoms with Crippen LogP contribution >= 0.6 is 8.03 Å². The van der Waals surface area contributed by atoms with Gasteiger partial charge >= 0.3 is 8.03 Å². The number of hydrogen-bond acceptors (Lipinski definition) is 1. The van der Waals surface area contributed by atoms with E-state index in [2.05, 4.69) is 62.3 Å². The van der Waals surface area contributed by atoms with E-state index in [-0.39, 0.29) is 16.2 Å². The Kier molecular flexibility index (Phi) is 4.08. The van der Waals surface area contributed by atoms with Gasteiger partial charge in [0.15, 0.2) is 0 Å². The van der Waals surface area contributed by atoms with E-state index >= 15 is 0 Å². The quantitative estimate of drug-likeness (QED) is 0.688. The van der Waals surface area contributed by atoms with Crippen LogP contribution in [-0.2, 0) is 4.57 Å². The zero-order valence-corrected chi connectivity index (χ0v) is 13.2. The summed E-state index contributed by atoms with van der Waals surface area (Å²) in [4.78, 5) is 9.98. The lowest BCUT2D eigenvalue weighted by Gasteiger charge is -2.51. The second-order valence-corrected chi connectivity index (χ2v) is 8.95. The van der Waals surface area contributed by atoms with Gasteiger partial charge in [0.2, 0.25) is 5.16 Å². The van der Waals surface area contributed by atoms with Crippen molar-refractivity contribution < 1.29 is 9.46 Å². The summed E-state index contributed by atoms with van der Waals surface area (Å²) in [5, 5.41) is -0.623. The molecule has 0 saturated carbocycles. The third kappa shape index (κ3) is 2.19. The van der Waals surface area contributed by atoms with Gasteiger partial charge in [0.1, 0.15) is 0 Å². The van der Waals surface area contributed by atoms with E-state index in [1.54, 1.807) is 0 Å². The van der Waals surface area contributed by atoms with Gasteiger partial charge in [-0.1, -0.05) is 62.3 Å². The Labute approximate surface area is 102 Å². The van der Waals surface area contributed by atoms with Crippen molar-refractivity contribution in [2.75, 3.05) is 0 Å². The lowest BCUT2D eigenvalue weighted by molar-refractivity contribution is 0.0263. The van der Waals surface area contributed by atoms with Crippen LogP contribution in [0.15, 0.2) is 0 Å². The number of hydrogen-bond donors (Lipinski definition) is 1. The molecule has 0 aromatic rings. The second kappa shape index (κ2) is 4.07. The van der Waals surface area contributed by atoms with Crippen LogP contribution in [0.3, 0.4) is 0 Å². The molecule has 0 aliphatic heterocycles. The zero-order valence-electron chi connectivity index (χ0n) is 12.3. The van der Waals surface area contributed by atoms with Crippen LogP contribution in [-0.4, -0.2) is 10.0 Å². The summed E-state index contributed by atoms with van der Waals surface area (Å²) in [6.07, 6.45) is 0. The molecule has 96 valence electrons. The van der Waals surface area contributed by atoms with Crippen molar-refractivity contribution in [2.45, 2.75) is 67.5 Å². The van der Waals surface area contributed by atoms with Crippen LogP contribution in [0.1, 0.15) is 62.3 Å². The molecule has 0 spiro atoms. The fourth-order valence-electron chi connectivity index (χ4n) is 4.24. The van der Waals surface area contributed by atoms with E-state index in [0.717, 1.165) is 0 Å². The van der Waals surface area contributed by atoms with Crippen LogP contribution in [0.5, 0.6) is 0 Å². The highest BCUT2D eigenvalue weighted by Crippen LogP contribution is 2.66. The average Bonchev–Trinajstić information content (AvgIpc) is 1.71. The minimum atomic E-state index is -2.26. The first kappa shape index (κ1) is 16.1. The Morgan fingerprint density at radius 2 is 0.875 bits per heavy atom. The van der Waals surface area contributed by atoms with Gasteiger partial charge < -0.3 is 0 Å². The minimum absolute atomic E-state index is 0.230. The van der Waals surface area contributed by atoms with Crippen LogP contribution in [0.2, 0.25) is 0 Å². The second-order valence-electron chi connectivity index (χ2n) is 7.73. The molecule has 0 radical (unpaired) electrons. The largest absolute Gasteiger partial charge is 0.513 e. The minimum Gasteiger partial charge on any atom is -0.160 e. The Hall–Kier alpha value is 0.0600. The van der Waals surface area contributed by atoms with E-state index in [1.807, 2.05) is 0 Å². The number of rotatable bonds is 1. The highest BCUT2D eigenvalue weighted by Gasteiger charge is 2.71. The van der Waals surface area contributed by atoms with Crippen molar-refractivity contribution in [2.24, 2.45) is 16.2 Å². The maximum atomic E-state index is 12.1.